The minimum absolute atomic E-state index is 0.0516. The van der Waals surface area contributed by atoms with Crippen molar-refractivity contribution in [1.29, 1.82) is 0 Å². The Kier molecular flexibility index (Phi) is 5.99. The molecule has 0 aliphatic heterocycles. The predicted molar refractivity (Wildman–Crippen MR) is 98.4 cm³/mol. The van der Waals surface area contributed by atoms with Crippen molar-refractivity contribution in [3.05, 3.63) is 84.4 Å². The van der Waals surface area contributed by atoms with Crippen LogP contribution in [0.15, 0.2) is 78.9 Å². The second kappa shape index (κ2) is 8.80. The van der Waals surface area contributed by atoms with E-state index < -0.39 is 6.61 Å². The summed E-state index contributed by atoms with van der Waals surface area (Å²) in [6.07, 6.45) is 0.0919. The lowest BCUT2D eigenvalue weighted by Gasteiger charge is -2.12. The number of amides is 1. The highest BCUT2D eigenvalue weighted by Gasteiger charge is 2.10. The summed E-state index contributed by atoms with van der Waals surface area (Å²) in [4.78, 5) is 12.3. The van der Waals surface area contributed by atoms with Gasteiger partial charge < -0.3 is 14.8 Å². The van der Waals surface area contributed by atoms with Crippen molar-refractivity contribution >= 4 is 11.6 Å². The van der Waals surface area contributed by atoms with Crippen molar-refractivity contribution in [3.63, 3.8) is 0 Å². The van der Waals surface area contributed by atoms with Crippen molar-refractivity contribution in [2.45, 2.75) is 13.0 Å². The van der Waals surface area contributed by atoms with Gasteiger partial charge in [-0.2, -0.15) is 8.78 Å². The Balaban J connectivity index is 1.64. The normalized spacial score (nSPS) is 10.5. The van der Waals surface area contributed by atoms with E-state index in [9.17, 15) is 13.6 Å². The van der Waals surface area contributed by atoms with Gasteiger partial charge in [-0.15, -0.1) is 0 Å². The molecule has 4 nitrogen and oxygen atoms in total. The highest BCUT2D eigenvalue weighted by Crippen LogP contribution is 2.29. The zero-order chi connectivity index (χ0) is 19.1. The van der Waals surface area contributed by atoms with Gasteiger partial charge in [0.2, 0.25) is 5.91 Å². The number of nitrogens with one attached hydrogen (secondary N) is 1. The van der Waals surface area contributed by atoms with Crippen molar-refractivity contribution < 1.29 is 23.0 Å². The fourth-order valence-corrected chi connectivity index (χ4v) is 2.44. The summed E-state index contributed by atoms with van der Waals surface area (Å²) in [5.74, 6) is 0.990. The van der Waals surface area contributed by atoms with E-state index in [4.69, 9.17) is 4.74 Å². The van der Waals surface area contributed by atoms with E-state index >= 15 is 0 Å². The molecule has 3 aromatic carbocycles. The quantitative estimate of drug-likeness (QED) is 0.618. The molecule has 0 atom stereocenters. The molecule has 0 aliphatic rings. The molecule has 0 saturated carbocycles. The Bertz CT molecular complexity index is 883. The van der Waals surface area contributed by atoms with Gasteiger partial charge in [-0.05, 0) is 42.0 Å². The number of hydrogen-bond donors (Lipinski definition) is 1. The number of benzene rings is 3. The van der Waals surface area contributed by atoms with Crippen LogP contribution < -0.4 is 14.8 Å². The van der Waals surface area contributed by atoms with Crippen LogP contribution in [0.4, 0.5) is 14.5 Å². The van der Waals surface area contributed by atoms with E-state index in [0.717, 1.165) is 0 Å². The van der Waals surface area contributed by atoms with Crippen LogP contribution in [-0.2, 0) is 11.2 Å². The van der Waals surface area contributed by atoms with Gasteiger partial charge in [0.25, 0.3) is 0 Å². The molecular formula is C21H17F2NO3. The Labute approximate surface area is 155 Å². The monoisotopic (exact) mass is 369 g/mol. The van der Waals surface area contributed by atoms with Crippen molar-refractivity contribution in [2.24, 2.45) is 0 Å². The topological polar surface area (TPSA) is 47.6 Å². The highest BCUT2D eigenvalue weighted by molar-refractivity contribution is 5.93. The molecule has 0 bridgehead atoms. The number of halogens is 2. The van der Waals surface area contributed by atoms with Gasteiger partial charge in [0.15, 0.2) is 5.75 Å². The number of anilines is 1. The molecule has 27 heavy (non-hydrogen) atoms. The maximum Gasteiger partial charge on any atom is 0.387 e. The highest BCUT2D eigenvalue weighted by atomic mass is 19.3. The summed E-state index contributed by atoms with van der Waals surface area (Å²) in [6, 6.07) is 22.3. The number of carbonyl (C=O) groups excluding carboxylic acids is 1. The molecule has 0 unspecified atom stereocenters. The van der Waals surface area contributed by atoms with Gasteiger partial charge in [-0.1, -0.05) is 42.5 Å². The van der Waals surface area contributed by atoms with E-state index in [1.807, 2.05) is 36.4 Å². The third-order valence-electron chi connectivity index (χ3n) is 3.65. The lowest BCUT2D eigenvalue weighted by atomic mass is 10.1. The van der Waals surface area contributed by atoms with Crippen molar-refractivity contribution in [2.75, 3.05) is 5.32 Å². The fraction of sp³-hybridized carbons (Fsp3) is 0.0952. The van der Waals surface area contributed by atoms with Crippen LogP contribution in [0.5, 0.6) is 17.2 Å². The molecule has 0 saturated heterocycles. The third-order valence-corrected chi connectivity index (χ3v) is 3.65. The van der Waals surface area contributed by atoms with Crippen LogP contribution >= 0.6 is 0 Å². The minimum Gasteiger partial charge on any atom is -0.455 e. The molecule has 0 heterocycles. The van der Waals surface area contributed by atoms with Crippen LogP contribution in [0.3, 0.4) is 0 Å². The number of ether oxygens (including phenoxy) is 2. The van der Waals surface area contributed by atoms with E-state index in [1.165, 1.54) is 12.1 Å². The first-order valence-electron chi connectivity index (χ1n) is 8.26. The van der Waals surface area contributed by atoms with Gasteiger partial charge in [-0.3, -0.25) is 4.79 Å². The summed E-state index contributed by atoms with van der Waals surface area (Å²) in [5.41, 5.74) is 1.22. The molecule has 3 aromatic rings. The van der Waals surface area contributed by atoms with Gasteiger partial charge in [0.1, 0.15) is 11.5 Å². The fourth-order valence-electron chi connectivity index (χ4n) is 2.44. The zero-order valence-electron chi connectivity index (χ0n) is 14.3. The number of para-hydroxylation sites is 3. The number of carbonyl (C=O) groups is 1. The van der Waals surface area contributed by atoms with E-state index in [-0.39, 0.29) is 18.1 Å². The van der Waals surface area contributed by atoms with E-state index in [1.54, 1.807) is 30.3 Å². The van der Waals surface area contributed by atoms with Gasteiger partial charge in [0, 0.05) is 0 Å². The van der Waals surface area contributed by atoms with Crippen LogP contribution in [-0.4, -0.2) is 12.5 Å². The van der Waals surface area contributed by atoms with E-state index in [2.05, 4.69) is 10.1 Å². The van der Waals surface area contributed by atoms with Crippen LogP contribution in [0.2, 0.25) is 0 Å². The lowest BCUT2D eigenvalue weighted by molar-refractivity contribution is -0.115. The molecule has 0 radical (unpaired) electrons. The molecule has 138 valence electrons. The maximum absolute atomic E-state index is 12.3. The average Bonchev–Trinajstić information content (AvgIpc) is 2.65. The first kappa shape index (κ1) is 18.4. The zero-order valence-corrected chi connectivity index (χ0v) is 14.3. The molecule has 1 amide bonds. The molecule has 0 fully saturated rings. The van der Waals surface area contributed by atoms with Crippen LogP contribution in [0.25, 0.3) is 0 Å². The SMILES string of the molecule is O=C(Cc1ccc(OC(F)F)cc1)Nc1ccccc1Oc1ccccc1. The lowest BCUT2D eigenvalue weighted by Crippen LogP contribution is -2.15. The number of hydrogen-bond acceptors (Lipinski definition) is 3. The summed E-state index contributed by atoms with van der Waals surface area (Å²) < 4.78 is 34.4. The standard InChI is InChI=1S/C21H17F2NO3/c22-21(23)27-17-12-10-15(11-13-17)14-20(25)24-18-8-4-5-9-19(18)26-16-6-2-1-3-7-16/h1-13,21H,14H2,(H,24,25). The Hall–Kier alpha value is -3.41. The van der Waals surface area contributed by atoms with Crippen molar-refractivity contribution in [1.82, 2.24) is 0 Å². The predicted octanol–water partition coefficient (Wildman–Crippen LogP) is 5.26. The largest absolute Gasteiger partial charge is 0.455 e. The smallest absolute Gasteiger partial charge is 0.387 e. The second-order valence-corrected chi connectivity index (χ2v) is 5.66. The maximum atomic E-state index is 12.3. The number of rotatable bonds is 7. The van der Waals surface area contributed by atoms with Crippen molar-refractivity contribution in [3.8, 4) is 17.2 Å². The minimum atomic E-state index is -2.87. The molecule has 1 N–H and O–H groups in total. The summed E-state index contributed by atoms with van der Waals surface area (Å²) >= 11 is 0. The summed E-state index contributed by atoms with van der Waals surface area (Å²) in [5, 5.41) is 2.81. The summed E-state index contributed by atoms with van der Waals surface area (Å²) in [7, 11) is 0. The second-order valence-electron chi connectivity index (χ2n) is 5.66. The molecular weight excluding hydrogens is 352 g/mol. The Morgan fingerprint density at radius 1 is 0.852 bits per heavy atom. The van der Waals surface area contributed by atoms with Gasteiger partial charge in [0.05, 0.1) is 12.1 Å². The van der Waals surface area contributed by atoms with Crippen LogP contribution in [0, 0.1) is 0 Å². The molecule has 3 rings (SSSR count). The van der Waals surface area contributed by atoms with E-state index in [0.29, 0.717) is 22.7 Å². The molecule has 6 heteroatoms. The number of alkyl halides is 2. The molecule has 0 aromatic heterocycles. The Morgan fingerprint density at radius 2 is 1.52 bits per heavy atom. The van der Waals surface area contributed by atoms with Gasteiger partial charge in [-0.25, -0.2) is 0 Å². The third kappa shape index (κ3) is 5.54. The molecule has 0 spiro atoms. The van der Waals surface area contributed by atoms with Gasteiger partial charge >= 0.3 is 6.61 Å². The molecule has 0 aliphatic carbocycles. The summed E-state index contributed by atoms with van der Waals surface area (Å²) in [6.45, 7) is -2.87. The first-order chi connectivity index (χ1) is 13.1. The Morgan fingerprint density at radius 3 is 2.22 bits per heavy atom. The average molecular weight is 369 g/mol. The first-order valence-corrected chi connectivity index (χ1v) is 8.26. The van der Waals surface area contributed by atoms with Crippen LogP contribution in [0.1, 0.15) is 5.56 Å².